The molecule has 0 aliphatic carbocycles. The number of carboxylic acids is 1. The van der Waals surface area contributed by atoms with Gasteiger partial charge in [0.15, 0.2) is 5.82 Å². The Hall–Kier alpha value is -3.37. The van der Waals surface area contributed by atoms with E-state index in [0.29, 0.717) is 11.2 Å². The number of rotatable bonds is 8. The molecule has 0 unspecified atom stereocenters. The predicted octanol–water partition coefficient (Wildman–Crippen LogP) is 2.34. The smallest absolute Gasteiger partial charge is 0.323 e. The van der Waals surface area contributed by atoms with Crippen LogP contribution in [0.1, 0.15) is 21.5 Å². The van der Waals surface area contributed by atoms with Gasteiger partial charge in [0, 0.05) is 30.2 Å². The third-order valence-electron chi connectivity index (χ3n) is 4.28. The number of hydrogen-bond acceptors (Lipinski definition) is 7. The molecule has 3 N–H and O–H groups in total. The van der Waals surface area contributed by atoms with Gasteiger partial charge >= 0.3 is 5.97 Å². The van der Waals surface area contributed by atoms with E-state index in [4.69, 9.17) is 4.28 Å². The van der Waals surface area contributed by atoms with Crippen molar-refractivity contribution in [2.45, 2.75) is 20.0 Å². The lowest BCUT2D eigenvalue weighted by molar-refractivity contribution is -0.137. The summed E-state index contributed by atoms with van der Waals surface area (Å²) >= 11 is 1.06. The van der Waals surface area contributed by atoms with Crippen LogP contribution in [0.25, 0.3) is 11.0 Å². The van der Waals surface area contributed by atoms with Gasteiger partial charge in [-0.15, -0.1) is 0 Å². The maximum Gasteiger partial charge on any atom is 0.323 e. The molecule has 0 saturated carbocycles. The molecule has 10 heteroatoms. The number of anilines is 1. The van der Waals surface area contributed by atoms with E-state index in [0.717, 1.165) is 27.7 Å². The number of aryl methyl sites for hydroxylation is 1. The molecule has 156 valence electrons. The van der Waals surface area contributed by atoms with E-state index in [1.54, 1.807) is 18.4 Å². The highest BCUT2D eigenvalue weighted by atomic mass is 32.2. The molecule has 3 aromatic rings. The summed E-state index contributed by atoms with van der Waals surface area (Å²) in [7, 11) is 0. The van der Waals surface area contributed by atoms with Gasteiger partial charge in [0.25, 0.3) is 11.5 Å². The lowest BCUT2D eigenvalue weighted by Crippen LogP contribution is -2.34. The fourth-order valence-corrected chi connectivity index (χ4v) is 2.98. The summed E-state index contributed by atoms with van der Waals surface area (Å²) in [4.78, 5) is 41.1. The topological polar surface area (TPSA) is 123 Å². The van der Waals surface area contributed by atoms with Crippen LogP contribution in [0.5, 0.6) is 0 Å². The fourth-order valence-electron chi connectivity index (χ4n) is 2.82. The average molecular weight is 428 g/mol. The van der Waals surface area contributed by atoms with Crippen LogP contribution in [0, 0.1) is 6.92 Å². The maximum absolute atomic E-state index is 12.9. The van der Waals surface area contributed by atoms with Crippen LogP contribution in [-0.4, -0.2) is 32.8 Å². The van der Waals surface area contributed by atoms with Crippen molar-refractivity contribution in [3.8, 4) is 0 Å². The molecule has 3 rings (SSSR count). The van der Waals surface area contributed by atoms with Crippen LogP contribution < -0.4 is 16.4 Å². The van der Waals surface area contributed by atoms with Crippen LogP contribution in [0.2, 0.25) is 0 Å². The molecule has 30 heavy (non-hydrogen) atoms. The molecule has 0 aliphatic rings. The van der Waals surface area contributed by atoms with E-state index in [9.17, 15) is 19.5 Å². The Kier molecular flexibility index (Phi) is 6.70. The Bertz CT molecular complexity index is 1140. The van der Waals surface area contributed by atoms with Crippen LogP contribution in [-0.2, 0) is 22.2 Å². The van der Waals surface area contributed by atoms with Crippen LogP contribution in [0.3, 0.4) is 0 Å². The van der Waals surface area contributed by atoms with Crippen molar-refractivity contribution in [1.82, 2.24) is 14.9 Å². The minimum atomic E-state index is -1.23. The number of nitrogens with zero attached hydrogens (tertiary/aromatic N) is 2. The van der Waals surface area contributed by atoms with Crippen LogP contribution in [0.15, 0.2) is 47.3 Å². The highest BCUT2D eigenvalue weighted by Crippen LogP contribution is 2.16. The number of carbonyl (C=O) groups is 2. The minimum Gasteiger partial charge on any atom is -0.480 e. The van der Waals surface area contributed by atoms with Gasteiger partial charge in [0.2, 0.25) is 0 Å². The van der Waals surface area contributed by atoms with Crippen molar-refractivity contribution in [1.29, 1.82) is 0 Å². The second kappa shape index (κ2) is 9.42. The molecule has 0 atom stereocenters. The van der Waals surface area contributed by atoms with Crippen molar-refractivity contribution in [2.24, 2.45) is 0 Å². The zero-order valence-corrected chi connectivity index (χ0v) is 17.2. The zero-order valence-electron chi connectivity index (χ0n) is 16.3. The maximum atomic E-state index is 12.9. The number of carbonyl (C=O) groups excluding carboxylic acids is 1. The highest BCUT2D eigenvalue weighted by Gasteiger charge is 2.18. The molecule has 0 radical (unpaired) electrons. The van der Waals surface area contributed by atoms with E-state index in [1.807, 2.05) is 31.2 Å². The van der Waals surface area contributed by atoms with E-state index < -0.39 is 24.0 Å². The Labute approximate surface area is 176 Å². The summed E-state index contributed by atoms with van der Waals surface area (Å²) in [6.45, 7) is 1.57. The number of carboxylic acid groups (broad SMARTS) is 1. The molecule has 2 heterocycles. The molecule has 1 aromatic carbocycles. The largest absolute Gasteiger partial charge is 0.480 e. The number of hydrogen-bond donors (Lipinski definition) is 3. The summed E-state index contributed by atoms with van der Waals surface area (Å²) in [5, 5.41) is 12.4. The predicted molar refractivity (Wildman–Crippen MR) is 114 cm³/mol. The van der Waals surface area contributed by atoms with Crippen molar-refractivity contribution in [2.75, 3.05) is 11.7 Å². The molecule has 0 spiro atoms. The first-order valence-electron chi connectivity index (χ1n) is 8.95. The van der Waals surface area contributed by atoms with Crippen molar-refractivity contribution in [3.63, 3.8) is 0 Å². The average Bonchev–Trinajstić information content (AvgIpc) is 2.73. The SMILES string of the molecule is CSONc1ccc2cc(C(=O)NCc3ccc(C)cc3)c(=O)n(CC(=O)O)c2n1. The molecular weight excluding hydrogens is 408 g/mol. The van der Waals surface area contributed by atoms with Gasteiger partial charge in [0.1, 0.15) is 17.8 Å². The third-order valence-corrected chi connectivity index (χ3v) is 4.53. The number of aliphatic carboxylic acids is 1. The lowest BCUT2D eigenvalue weighted by Gasteiger charge is -2.12. The first-order valence-corrected chi connectivity index (χ1v) is 10.1. The van der Waals surface area contributed by atoms with Gasteiger partial charge in [-0.25, -0.2) is 14.7 Å². The number of amides is 1. The van der Waals surface area contributed by atoms with Gasteiger partial charge in [-0.3, -0.25) is 19.0 Å². The fraction of sp³-hybridized carbons (Fsp3) is 0.200. The minimum absolute atomic E-state index is 0.132. The van der Waals surface area contributed by atoms with Gasteiger partial charge in [-0.05, 0) is 30.7 Å². The van der Waals surface area contributed by atoms with Crippen LogP contribution in [0.4, 0.5) is 5.82 Å². The monoisotopic (exact) mass is 428 g/mol. The first kappa shape index (κ1) is 21.3. The molecule has 0 fully saturated rings. The second-order valence-corrected chi connectivity index (χ2v) is 6.97. The van der Waals surface area contributed by atoms with E-state index in [-0.39, 0.29) is 17.8 Å². The standard InChI is InChI=1S/C20H20N4O5S/c1-12-3-5-13(6-4-12)10-21-19(27)15-9-14-7-8-16(23-29-30-2)22-18(14)24(20(15)28)11-17(25)26/h3-9H,10-11H2,1-2H3,(H,21,27)(H,22,23)(H,25,26). The van der Waals surface area contributed by atoms with Crippen molar-refractivity contribution < 1.29 is 19.0 Å². The van der Waals surface area contributed by atoms with E-state index in [2.05, 4.69) is 15.8 Å². The van der Waals surface area contributed by atoms with Crippen molar-refractivity contribution in [3.05, 3.63) is 69.5 Å². The molecule has 0 bridgehead atoms. The van der Waals surface area contributed by atoms with Gasteiger partial charge in [-0.1, -0.05) is 29.8 Å². The van der Waals surface area contributed by atoms with Crippen LogP contribution >= 0.6 is 12.0 Å². The van der Waals surface area contributed by atoms with Crippen molar-refractivity contribution >= 4 is 40.8 Å². The molecule has 2 aromatic heterocycles. The Morgan fingerprint density at radius 1 is 1.20 bits per heavy atom. The highest BCUT2D eigenvalue weighted by molar-refractivity contribution is 7.93. The Morgan fingerprint density at radius 2 is 1.93 bits per heavy atom. The zero-order chi connectivity index (χ0) is 21.7. The number of fused-ring (bicyclic) bond motifs is 1. The van der Waals surface area contributed by atoms with Gasteiger partial charge in [0.05, 0.1) is 0 Å². The summed E-state index contributed by atoms with van der Waals surface area (Å²) in [5.41, 5.74) is 3.80. The third kappa shape index (κ3) is 4.97. The molecule has 1 amide bonds. The summed E-state index contributed by atoms with van der Waals surface area (Å²) in [5.74, 6) is -1.52. The van der Waals surface area contributed by atoms with E-state index >= 15 is 0 Å². The number of nitrogens with one attached hydrogen (secondary N) is 2. The summed E-state index contributed by atoms with van der Waals surface area (Å²) in [6, 6.07) is 12.3. The Balaban J connectivity index is 1.96. The molecule has 9 nitrogen and oxygen atoms in total. The molecule has 0 aliphatic heterocycles. The normalized spacial score (nSPS) is 10.7. The quantitative estimate of drug-likeness (QED) is 0.369. The number of aromatic nitrogens is 2. The van der Waals surface area contributed by atoms with Gasteiger partial charge in [-0.2, -0.15) is 0 Å². The summed E-state index contributed by atoms with van der Waals surface area (Å²) in [6.07, 6.45) is 1.70. The second-order valence-electron chi connectivity index (χ2n) is 6.47. The molecular formula is C20H20N4O5S. The number of benzene rings is 1. The van der Waals surface area contributed by atoms with E-state index in [1.165, 1.54) is 6.07 Å². The lowest BCUT2D eigenvalue weighted by atomic mass is 10.1. The number of pyridine rings is 2. The summed E-state index contributed by atoms with van der Waals surface area (Å²) < 4.78 is 5.96. The van der Waals surface area contributed by atoms with Gasteiger partial charge < -0.3 is 10.4 Å². The molecule has 0 saturated heterocycles. The first-order chi connectivity index (χ1) is 14.4. The Morgan fingerprint density at radius 3 is 2.60 bits per heavy atom.